The maximum Gasteiger partial charge on any atom is 0.310 e. The van der Waals surface area contributed by atoms with Crippen molar-refractivity contribution in [3.8, 4) is 0 Å². The van der Waals surface area contributed by atoms with Crippen LogP contribution in [0.1, 0.15) is 43.7 Å². The number of aliphatic hydroxyl groups excluding tert-OH is 1. The molecular formula is C33H37ClN2O5S. The Labute approximate surface area is 256 Å². The Bertz CT molecular complexity index is 1320. The van der Waals surface area contributed by atoms with Crippen LogP contribution in [0.3, 0.4) is 0 Å². The number of anilines is 1. The third-order valence-electron chi connectivity index (χ3n) is 8.70. The second kappa shape index (κ2) is 13.1. The van der Waals surface area contributed by atoms with E-state index in [0.717, 1.165) is 24.8 Å². The quantitative estimate of drug-likeness (QED) is 0.181. The lowest BCUT2D eigenvalue weighted by atomic mass is 9.71. The van der Waals surface area contributed by atoms with Crippen molar-refractivity contribution in [1.82, 2.24) is 4.90 Å². The predicted molar refractivity (Wildman–Crippen MR) is 166 cm³/mol. The van der Waals surface area contributed by atoms with Crippen LogP contribution in [0, 0.1) is 11.8 Å². The number of carbonyl (C=O) groups excluding carboxylic acids is 3. The van der Waals surface area contributed by atoms with Crippen molar-refractivity contribution in [3.63, 3.8) is 0 Å². The molecule has 3 heterocycles. The molecule has 0 radical (unpaired) electrons. The summed E-state index contributed by atoms with van der Waals surface area (Å²) in [6.07, 6.45) is 7.25. The van der Waals surface area contributed by atoms with E-state index in [2.05, 4.69) is 13.2 Å². The third-order valence-corrected chi connectivity index (χ3v) is 10.9. The van der Waals surface area contributed by atoms with Gasteiger partial charge >= 0.3 is 5.97 Å². The number of benzene rings is 2. The Morgan fingerprint density at radius 3 is 2.55 bits per heavy atom. The molecular weight excluding hydrogens is 572 g/mol. The average Bonchev–Trinajstić information content (AvgIpc) is 3.65. The van der Waals surface area contributed by atoms with E-state index in [1.165, 1.54) is 0 Å². The molecule has 3 aliphatic heterocycles. The minimum atomic E-state index is -0.900. The van der Waals surface area contributed by atoms with E-state index in [-0.39, 0.29) is 42.8 Å². The topological polar surface area (TPSA) is 87.1 Å². The second-order valence-corrected chi connectivity index (χ2v) is 13.1. The van der Waals surface area contributed by atoms with Crippen molar-refractivity contribution >= 4 is 46.8 Å². The summed E-state index contributed by atoms with van der Waals surface area (Å²) in [7, 11) is 0. The van der Waals surface area contributed by atoms with Crippen LogP contribution in [0.5, 0.6) is 0 Å². The van der Waals surface area contributed by atoms with Gasteiger partial charge < -0.3 is 19.6 Å². The van der Waals surface area contributed by atoms with Crippen molar-refractivity contribution in [2.45, 2.75) is 54.2 Å². The SMILES string of the molecule is C=CCCCCOC(=O)[C@@H]1[C@H]2C(=O)N([C@H](CO)c3ccccc3)C(C(=O)N(CC=C)c3ccc(Cl)cc3)C23CC[C@H]1S3. The number of amides is 2. The highest BCUT2D eigenvalue weighted by atomic mass is 35.5. The average molecular weight is 609 g/mol. The second-order valence-electron chi connectivity index (χ2n) is 11.1. The summed E-state index contributed by atoms with van der Waals surface area (Å²) in [6, 6.07) is 14.6. The highest BCUT2D eigenvalue weighted by Crippen LogP contribution is 2.67. The Kier molecular flexibility index (Phi) is 9.45. The van der Waals surface area contributed by atoms with Crippen molar-refractivity contribution < 1.29 is 24.2 Å². The first-order chi connectivity index (χ1) is 20.4. The van der Waals surface area contributed by atoms with E-state index in [9.17, 15) is 19.5 Å². The fraction of sp³-hybridized carbons (Fsp3) is 0.424. The zero-order chi connectivity index (χ0) is 29.9. The molecule has 2 aromatic rings. The van der Waals surface area contributed by atoms with Gasteiger partial charge in [-0.3, -0.25) is 14.4 Å². The largest absolute Gasteiger partial charge is 0.465 e. The number of esters is 1. The van der Waals surface area contributed by atoms with Crippen LogP contribution >= 0.6 is 23.4 Å². The molecule has 1 spiro atoms. The maximum atomic E-state index is 14.7. The normalized spacial score (nSPS) is 26.5. The maximum absolute atomic E-state index is 14.7. The number of nitrogens with zero attached hydrogens (tertiary/aromatic N) is 2. The minimum absolute atomic E-state index is 0.107. The van der Waals surface area contributed by atoms with E-state index >= 15 is 0 Å². The number of carbonyl (C=O) groups is 3. The van der Waals surface area contributed by atoms with Crippen LogP contribution in [0.2, 0.25) is 5.02 Å². The Morgan fingerprint density at radius 1 is 1.14 bits per heavy atom. The minimum Gasteiger partial charge on any atom is -0.465 e. The Morgan fingerprint density at radius 2 is 1.88 bits per heavy atom. The molecule has 0 aromatic heterocycles. The van der Waals surface area contributed by atoms with Gasteiger partial charge in [0.25, 0.3) is 5.91 Å². The van der Waals surface area contributed by atoms with Gasteiger partial charge in [-0.25, -0.2) is 0 Å². The van der Waals surface area contributed by atoms with Gasteiger partial charge in [0.05, 0.1) is 35.8 Å². The predicted octanol–water partition coefficient (Wildman–Crippen LogP) is 5.58. The fourth-order valence-electron chi connectivity index (χ4n) is 6.88. The van der Waals surface area contributed by atoms with Crippen molar-refractivity contribution in [2.24, 2.45) is 11.8 Å². The first-order valence-electron chi connectivity index (χ1n) is 14.5. The molecule has 3 fully saturated rings. The molecule has 42 heavy (non-hydrogen) atoms. The van der Waals surface area contributed by atoms with Crippen LogP contribution in [-0.4, -0.2) is 63.6 Å². The molecule has 7 nitrogen and oxygen atoms in total. The van der Waals surface area contributed by atoms with Crippen LogP contribution in [0.15, 0.2) is 79.9 Å². The number of hydrogen-bond acceptors (Lipinski definition) is 6. The number of rotatable bonds is 13. The van der Waals surface area contributed by atoms with Crippen LogP contribution in [0.4, 0.5) is 5.69 Å². The number of likely N-dealkylation sites (tertiary alicyclic amines) is 1. The molecule has 3 saturated heterocycles. The summed E-state index contributed by atoms with van der Waals surface area (Å²) in [6.45, 7) is 7.74. The van der Waals surface area contributed by atoms with Crippen LogP contribution in [0.25, 0.3) is 0 Å². The zero-order valence-corrected chi connectivity index (χ0v) is 25.1. The molecule has 6 atom stereocenters. The van der Waals surface area contributed by atoms with Gasteiger partial charge in [-0.2, -0.15) is 0 Å². The van der Waals surface area contributed by atoms with Crippen molar-refractivity contribution in [3.05, 3.63) is 90.5 Å². The van der Waals surface area contributed by atoms with Crippen LogP contribution in [-0.2, 0) is 19.1 Å². The number of thioether (sulfide) groups is 1. The standard InChI is InChI=1S/C33H37ClN2O5S/c1-3-5-6-10-20-41-32(40)27-26-17-18-33(42-26)28(27)30(38)36(25(21-37)22-11-8-7-9-12-22)29(33)31(39)35(19-4-2)24-15-13-23(34)14-16-24/h3-4,7-9,11-16,25-29,37H,1-2,5-6,10,17-21H2/t25-,26-,27+,28+,29?,33?/m1/s1. The molecule has 1 N–H and O–H groups in total. The molecule has 2 unspecified atom stereocenters. The highest BCUT2D eigenvalue weighted by molar-refractivity contribution is 8.02. The smallest absolute Gasteiger partial charge is 0.310 e. The molecule has 9 heteroatoms. The lowest BCUT2D eigenvalue weighted by Gasteiger charge is -2.39. The van der Waals surface area contributed by atoms with Gasteiger partial charge in [-0.05, 0) is 61.9 Å². The lowest BCUT2D eigenvalue weighted by Crippen LogP contribution is -2.56. The summed E-state index contributed by atoms with van der Waals surface area (Å²) in [5.74, 6) is -2.29. The van der Waals surface area contributed by atoms with Gasteiger partial charge in [-0.15, -0.1) is 24.9 Å². The highest BCUT2D eigenvalue weighted by Gasteiger charge is 2.75. The van der Waals surface area contributed by atoms with Gasteiger partial charge in [-0.1, -0.05) is 54.1 Å². The van der Waals surface area contributed by atoms with Crippen molar-refractivity contribution in [2.75, 3.05) is 24.7 Å². The fourth-order valence-corrected chi connectivity index (χ4v) is 9.20. The van der Waals surface area contributed by atoms with Crippen LogP contribution < -0.4 is 4.90 Å². The lowest BCUT2D eigenvalue weighted by molar-refractivity contribution is -0.154. The van der Waals surface area contributed by atoms with Crippen molar-refractivity contribution in [1.29, 1.82) is 0 Å². The van der Waals surface area contributed by atoms with Gasteiger partial charge in [0, 0.05) is 22.5 Å². The summed E-state index contributed by atoms with van der Waals surface area (Å²) in [4.78, 5) is 46.0. The molecule has 2 amide bonds. The summed E-state index contributed by atoms with van der Waals surface area (Å²) in [5.41, 5.74) is 1.36. The first-order valence-corrected chi connectivity index (χ1v) is 15.7. The van der Waals surface area contributed by atoms with E-state index in [0.29, 0.717) is 23.6 Å². The number of ether oxygens (including phenoxy) is 1. The third kappa shape index (κ3) is 5.40. The molecule has 3 aliphatic rings. The van der Waals surface area contributed by atoms with E-state index < -0.39 is 28.7 Å². The molecule has 5 rings (SSSR count). The van der Waals surface area contributed by atoms with Gasteiger partial charge in [0.2, 0.25) is 5.91 Å². The number of unbranched alkanes of at least 4 members (excludes halogenated alkanes) is 2. The molecule has 0 aliphatic carbocycles. The first kappa shape index (κ1) is 30.4. The summed E-state index contributed by atoms with van der Waals surface area (Å²) < 4.78 is 4.90. The summed E-state index contributed by atoms with van der Waals surface area (Å²) in [5, 5.41) is 11.1. The number of aliphatic hydroxyl groups is 1. The molecule has 222 valence electrons. The van der Waals surface area contributed by atoms with E-state index in [1.807, 2.05) is 36.4 Å². The molecule has 0 saturated carbocycles. The zero-order valence-electron chi connectivity index (χ0n) is 23.6. The monoisotopic (exact) mass is 608 g/mol. The Hall–Kier alpha value is -3.07. The van der Waals surface area contributed by atoms with E-state index in [4.69, 9.17) is 16.3 Å². The number of fused-ring (bicyclic) bond motifs is 1. The molecule has 2 aromatic carbocycles. The number of allylic oxidation sites excluding steroid dienone is 1. The Balaban J connectivity index is 1.55. The van der Waals surface area contributed by atoms with E-state index in [1.54, 1.807) is 51.9 Å². The van der Waals surface area contributed by atoms with Gasteiger partial charge in [0.15, 0.2) is 0 Å². The summed E-state index contributed by atoms with van der Waals surface area (Å²) >= 11 is 7.73. The molecule has 2 bridgehead atoms. The number of halogens is 1. The number of hydrogen-bond donors (Lipinski definition) is 1. The van der Waals surface area contributed by atoms with Gasteiger partial charge in [0.1, 0.15) is 6.04 Å².